The molecule has 9 heteroatoms. The second-order valence-electron chi connectivity index (χ2n) is 5.32. The molecule has 5 nitrogen and oxygen atoms in total. The average Bonchev–Trinajstić information content (AvgIpc) is 2.44. The molecule has 130 valence electrons. The number of aromatic nitrogens is 2. The number of rotatable bonds is 3. The molecule has 2 rings (SSSR count). The number of halogens is 4. The summed E-state index contributed by atoms with van der Waals surface area (Å²) in [5, 5.41) is 0.254. The van der Waals surface area contributed by atoms with Gasteiger partial charge in [-0.2, -0.15) is 13.2 Å². The lowest BCUT2D eigenvalue weighted by Crippen LogP contribution is -2.40. The Kier molecular flexibility index (Phi) is 4.80. The molecule has 0 saturated carbocycles. The Morgan fingerprint density at radius 2 is 1.79 bits per heavy atom. The topological polar surface area (TPSA) is 53.2 Å². The highest BCUT2D eigenvalue weighted by Crippen LogP contribution is 2.29. The van der Waals surface area contributed by atoms with Gasteiger partial charge in [-0.25, -0.2) is 9.36 Å². The Labute approximate surface area is 139 Å². The summed E-state index contributed by atoms with van der Waals surface area (Å²) in [5.74, 6) is 0.220. The van der Waals surface area contributed by atoms with Crippen molar-refractivity contribution in [3.05, 3.63) is 55.8 Å². The fraction of sp³-hybridized carbons (Fsp3) is 0.333. The zero-order valence-corrected chi connectivity index (χ0v) is 13.8. The first kappa shape index (κ1) is 18.1. The average molecular weight is 363 g/mol. The number of alkyl halides is 3. The number of hydrogen-bond acceptors (Lipinski definition) is 3. The molecule has 0 aliphatic heterocycles. The molecule has 24 heavy (non-hydrogen) atoms. The number of benzene rings is 1. The summed E-state index contributed by atoms with van der Waals surface area (Å²) >= 11 is 5.98. The van der Waals surface area contributed by atoms with Gasteiger partial charge in [0.25, 0.3) is 5.56 Å². The van der Waals surface area contributed by atoms with Crippen molar-refractivity contribution in [2.75, 3.05) is 0 Å². The summed E-state index contributed by atoms with van der Waals surface area (Å²) in [4.78, 5) is 24.3. The van der Waals surface area contributed by atoms with Crippen LogP contribution in [-0.2, 0) is 13.2 Å². The van der Waals surface area contributed by atoms with E-state index in [4.69, 9.17) is 16.3 Å². The van der Waals surface area contributed by atoms with Crippen LogP contribution in [-0.4, -0.2) is 15.2 Å². The minimum atomic E-state index is -4.81. The Bertz CT molecular complexity index is 885. The van der Waals surface area contributed by atoms with Crippen LogP contribution < -0.4 is 16.0 Å². The fourth-order valence-electron chi connectivity index (χ4n) is 2.11. The van der Waals surface area contributed by atoms with E-state index in [0.717, 1.165) is 7.05 Å². The second-order valence-corrected chi connectivity index (χ2v) is 5.73. The third-order valence-electron chi connectivity index (χ3n) is 3.15. The molecule has 0 atom stereocenters. The van der Waals surface area contributed by atoms with Crippen LogP contribution in [0.2, 0.25) is 5.02 Å². The highest BCUT2D eigenvalue weighted by Gasteiger charge is 2.35. The molecule has 0 unspecified atom stereocenters. The molecule has 1 aromatic heterocycles. The Hall–Kier alpha value is -2.22. The van der Waals surface area contributed by atoms with Gasteiger partial charge >= 0.3 is 11.9 Å². The van der Waals surface area contributed by atoms with Crippen molar-refractivity contribution in [2.45, 2.75) is 26.1 Å². The van der Waals surface area contributed by atoms with Crippen molar-refractivity contribution >= 4 is 11.6 Å². The van der Waals surface area contributed by atoms with Crippen LogP contribution in [0.3, 0.4) is 0 Å². The van der Waals surface area contributed by atoms with Gasteiger partial charge in [0.1, 0.15) is 11.4 Å². The maximum absolute atomic E-state index is 12.9. The summed E-state index contributed by atoms with van der Waals surface area (Å²) in [5.41, 5.74) is -3.47. The smallest absolute Gasteiger partial charge is 0.431 e. The van der Waals surface area contributed by atoms with Gasteiger partial charge in [0.05, 0.1) is 16.8 Å². The Morgan fingerprint density at radius 3 is 2.33 bits per heavy atom. The standard InChI is InChI=1S/C15H14ClF3N2O3/c1-8(2)24-11-6-9(4-5-10(11)16)21-13(22)7-12(15(17,18)19)20(3)14(21)23/h4-8H,1-3H3. The molecule has 0 radical (unpaired) electrons. The molecule has 1 heterocycles. The highest BCUT2D eigenvalue weighted by molar-refractivity contribution is 6.32. The first-order valence-electron chi connectivity index (χ1n) is 6.89. The fourth-order valence-corrected chi connectivity index (χ4v) is 2.27. The summed E-state index contributed by atoms with van der Waals surface area (Å²) in [6.07, 6.45) is -5.03. The van der Waals surface area contributed by atoms with E-state index >= 15 is 0 Å². The predicted octanol–water partition coefficient (Wildman–Crippen LogP) is 3.00. The molecular formula is C15H14ClF3N2O3. The second kappa shape index (κ2) is 6.35. The normalized spacial score (nSPS) is 11.8. The van der Waals surface area contributed by atoms with E-state index in [1.165, 1.54) is 18.2 Å². The van der Waals surface area contributed by atoms with Crippen molar-refractivity contribution in [1.82, 2.24) is 9.13 Å². The molecule has 0 fully saturated rings. The van der Waals surface area contributed by atoms with Crippen molar-refractivity contribution in [1.29, 1.82) is 0 Å². The van der Waals surface area contributed by atoms with E-state index in [-0.39, 0.29) is 22.6 Å². The van der Waals surface area contributed by atoms with Gasteiger partial charge in [0, 0.05) is 19.2 Å². The van der Waals surface area contributed by atoms with E-state index < -0.39 is 23.1 Å². The monoisotopic (exact) mass is 362 g/mol. The van der Waals surface area contributed by atoms with E-state index in [1.807, 2.05) is 0 Å². The van der Waals surface area contributed by atoms with Gasteiger partial charge in [0.2, 0.25) is 0 Å². The third kappa shape index (κ3) is 3.48. The molecule has 2 aromatic rings. The SMILES string of the molecule is CC(C)Oc1cc(-n2c(=O)cc(C(F)(F)F)n(C)c2=O)ccc1Cl. The van der Waals surface area contributed by atoms with E-state index in [1.54, 1.807) is 13.8 Å². The van der Waals surface area contributed by atoms with Crippen molar-refractivity contribution in [3.63, 3.8) is 0 Å². The van der Waals surface area contributed by atoms with E-state index in [0.29, 0.717) is 15.2 Å². The quantitative estimate of drug-likeness (QED) is 0.843. The lowest BCUT2D eigenvalue weighted by molar-refractivity contribution is -0.144. The predicted molar refractivity (Wildman–Crippen MR) is 83.1 cm³/mol. The lowest BCUT2D eigenvalue weighted by atomic mass is 10.2. The zero-order valence-electron chi connectivity index (χ0n) is 13.0. The van der Waals surface area contributed by atoms with Gasteiger partial charge < -0.3 is 4.74 Å². The van der Waals surface area contributed by atoms with Crippen LogP contribution >= 0.6 is 11.6 Å². The number of nitrogens with zero attached hydrogens (tertiary/aromatic N) is 2. The number of hydrogen-bond donors (Lipinski definition) is 0. The summed E-state index contributed by atoms with van der Waals surface area (Å²) in [6, 6.07) is 4.46. The highest BCUT2D eigenvalue weighted by atomic mass is 35.5. The van der Waals surface area contributed by atoms with Crippen LogP contribution in [0.5, 0.6) is 5.75 Å². The van der Waals surface area contributed by atoms with Gasteiger partial charge in [0.15, 0.2) is 0 Å². The van der Waals surface area contributed by atoms with Gasteiger partial charge in [-0.15, -0.1) is 0 Å². The number of ether oxygens (including phenoxy) is 1. The summed E-state index contributed by atoms with van der Waals surface area (Å²) < 4.78 is 45.0. The molecule has 0 bridgehead atoms. The molecule has 0 N–H and O–H groups in total. The van der Waals surface area contributed by atoms with Crippen LogP contribution in [0, 0.1) is 0 Å². The maximum Gasteiger partial charge on any atom is 0.431 e. The van der Waals surface area contributed by atoms with Gasteiger partial charge in [-0.3, -0.25) is 9.36 Å². The summed E-state index contributed by atoms with van der Waals surface area (Å²) in [6.45, 7) is 3.51. The van der Waals surface area contributed by atoms with Gasteiger partial charge in [-0.05, 0) is 26.0 Å². The largest absolute Gasteiger partial charge is 0.489 e. The minimum Gasteiger partial charge on any atom is -0.489 e. The first-order chi connectivity index (χ1) is 11.0. The molecule has 0 spiro atoms. The zero-order chi connectivity index (χ0) is 18.2. The summed E-state index contributed by atoms with van der Waals surface area (Å²) in [7, 11) is 0.947. The minimum absolute atomic E-state index is 0.0642. The van der Waals surface area contributed by atoms with Crippen molar-refractivity contribution in [2.24, 2.45) is 7.05 Å². The van der Waals surface area contributed by atoms with E-state index in [9.17, 15) is 22.8 Å². The Morgan fingerprint density at radius 1 is 1.17 bits per heavy atom. The van der Waals surface area contributed by atoms with Crippen LogP contribution in [0.1, 0.15) is 19.5 Å². The van der Waals surface area contributed by atoms with E-state index in [2.05, 4.69) is 0 Å². The lowest BCUT2D eigenvalue weighted by Gasteiger charge is -2.16. The van der Waals surface area contributed by atoms with Crippen molar-refractivity contribution < 1.29 is 17.9 Å². The third-order valence-corrected chi connectivity index (χ3v) is 3.46. The molecule has 0 saturated heterocycles. The van der Waals surface area contributed by atoms with Gasteiger partial charge in [-0.1, -0.05) is 11.6 Å². The molecule has 1 aromatic carbocycles. The van der Waals surface area contributed by atoms with Crippen molar-refractivity contribution in [3.8, 4) is 11.4 Å². The van der Waals surface area contributed by atoms with Crippen LogP contribution in [0.4, 0.5) is 13.2 Å². The Balaban J connectivity index is 2.69. The van der Waals surface area contributed by atoms with Crippen LogP contribution in [0.25, 0.3) is 5.69 Å². The molecule has 0 aliphatic carbocycles. The molecule has 0 aliphatic rings. The first-order valence-corrected chi connectivity index (χ1v) is 7.27. The van der Waals surface area contributed by atoms with Crippen LogP contribution in [0.15, 0.2) is 33.9 Å². The molecular weight excluding hydrogens is 349 g/mol. The molecule has 0 amide bonds. The maximum atomic E-state index is 12.9.